The number of rotatable bonds is 5. The topological polar surface area (TPSA) is 52.9 Å². The van der Waals surface area contributed by atoms with Crippen LogP contribution in [0.3, 0.4) is 0 Å². The Morgan fingerprint density at radius 1 is 1.45 bits per heavy atom. The van der Waals surface area contributed by atoms with Crippen LogP contribution >= 0.6 is 39.5 Å². The summed E-state index contributed by atoms with van der Waals surface area (Å²) in [6, 6.07) is 5.49. The number of carbonyl (C=O) groups is 1. The van der Waals surface area contributed by atoms with Crippen LogP contribution in [0.4, 0.5) is 5.69 Å². The summed E-state index contributed by atoms with van der Waals surface area (Å²) in [5.41, 5.74) is 0.754. The molecule has 106 valence electrons. The maximum absolute atomic E-state index is 11.9. The summed E-state index contributed by atoms with van der Waals surface area (Å²) in [4.78, 5) is 12.8. The molecular weight excluding hydrogens is 356 g/mol. The van der Waals surface area contributed by atoms with Gasteiger partial charge in [-0.25, -0.2) is 0 Å². The summed E-state index contributed by atoms with van der Waals surface area (Å²) in [6.07, 6.45) is 5.06. The number of amides is 1. The molecule has 0 radical (unpaired) electrons. The number of nitriles is 1. The van der Waals surface area contributed by atoms with Crippen LogP contribution in [-0.4, -0.2) is 16.9 Å². The average Bonchev–Trinajstić information content (AvgIpc) is 2.93. The van der Waals surface area contributed by atoms with E-state index < -0.39 is 0 Å². The number of halogens is 1. The van der Waals surface area contributed by atoms with E-state index in [2.05, 4.69) is 21.2 Å². The Balaban J connectivity index is 1.85. The van der Waals surface area contributed by atoms with Crippen LogP contribution in [0, 0.1) is 10.7 Å². The van der Waals surface area contributed by atoms with Crippen molar-refractivity contribution < 1.29 is 4.79 Å². The lowest BCUT2D eigenvalue weighted by Gasteiger charge is -2.10. The number of thioether (sulfide) groups is 2. The van der Waals surface area contributed by atoms with Gasteiger partial charge in [-0.3, -0.25) is 4.79 Å². The van der Waals surface area contributed by atoms with Gasteiger partial charge in [-0.15, -0.1) is 11.8 Å². The zero-order valence-electron chi connectivity index (χ0n) is 10.9. The van der Waals surface area contributed by atoms with Crippen molar-refractivity contribution in [1.82, 2.24) is 0 Å². The summed E-state index contributed by atoms with van der Waals surface area (Å²) in [6.45, 7) is 0. The number of nitrogens with one attached hydrogen (secondary N) is 1. The molecule has 1 N–H and O–H groups in total. The Hall–Kier alpha value is -0.640. The van der Waals surface area contributed by atoms with Crippen molar-refractivity contribution in [2.24, 2.45) is 0 Å². The zero-order chi connectivity index (χ0) is 14.4. The summed E-state index contributed by atoms with van der Waals surface area (Å²) in [5, 5.41) is 14.2. The van der Waals surface area contributed by atoms with Gasteiger partial charge in [0.15, 0.2) is 0 Å². The molecule has 0 spiro atoms. The Morgan fingerprint density at radius 3 is 2.85 bits per heavy atom. The smallest absolute Gasteiger partial charge is 0.234 e. The standard InChI is InChI=1S/C14H15BrN2OS2/c15-12-7-11(20-9-16)5-6-13(12)17-14(18)8-19-10-3-1-2-4-10/h5-7,10H,1-4,8H2,(H,17,18). The maximum Gasteiger partial charge on any atom is 0.234 e. The minimum atomic E-state index is 0.0308. The lowest BCUT2D eigenvalue weighted by molar-refractivity contribution is -0.113. The quantitative estimate of drug-likeness (QED) is 0.605. The minimum Gasteiger partial charge on any atom is -0.324 e. The van der Waals surface area contributed by atoms with Gasteiger partial charge in [0.05, 0.1) is 11.4 Å². The first kappa shape index (κ1) is 15.7. The fourth-order valence-electron chi connectivity index (χ4n) is 2.15. The molecule has 0 bridgehead atoms. The highest BCUT2D eigenvalue weighted by Crippen LogP contribution is 2.30. The molecule has 2 rings (SSSR count). The van der Waals surface area contributed by atoms with E-state index in [-0.39, 0.29) is 5.91 Å². The van der Waals surface area contributed by atoms with E-state index in [1.54, 1.807) is 11.8 Å². The molecule has 1 aromatic carbocycles. The summed E-state index contributed by atoms with van der Waals surface area (Å²) in [5.74, 6) is 0.537. The number of anilines is 1. The highest BCUT2D eigenvalue weighted by atomic mass is 79.9. The molecule has 1 fully saturated rings. The van der Waals surface area contributed by atoms with Gasteiger partial charge in [0.1, 0.15) is 5.40 Å². The molecule has 0 atom stereocenters. The second-order valence-electron chi connectivity index (χ2n) is 4.60. The molecule has 0 saturated heterocycles. The Bertz CT molecular complexity index is 524. The fourth-order valence-corrected chi connectivity index (χ4v) is 4.32. The number of carbonyl (C=O) groups excluding carboxylic acids is 1. The summed E-state index contributed by atoms with van der Waals surface area (Å²) in [7, 11) is 0. The number of hydrogen-bond acceptors (Lipinski definition) is 4. The molecule has 1 amide bonds. The van der Waals surface area contributed by atoms with E-state index in [0.717, 1.165) is 26.8 Å². The first-order valence-electron chi connectivity index (χ1n) is 6.46. The van der Waals surface area contributed by atoms with E-state index in [1.807, 2.05) is 23.6 Å². The van der Waals surface area contributed by atoms with Gasteiger partial charge in [0, 0.05) is 14.6 Å². The van der Waals surface area contributed by atoms with Crippen LogP contribution in [-0.2, 0) is 4.79 Å². The predicted molar refractivity (Wildman–Crippen MR) is 89.0 cm³/mol. The molecular formula is C14H15BrN2OS2. The molecule has 0 aliphatic heterocycles. The first-order chi connectivity index (χ1) is 9.69. The van der Waals surface area contributed by atoms with Crippen molar-refractivity contribution in [3.63, 3.8) is 0 Å². The molecule has 1 aliphatic rings. The van der Waals surface area contributed by atoms with Gasteiger partial charge >= 0.3 is 0 Å². The van der Waals surface area contributed by atoms with Crippen LogP contribution in [0.15, 0.2) is 27.6 Å². The predicted octanol–water partition coefficient (Wildman–Crippen LogP) is 4.64. The lowest BCUT2D eigenvalue weighted by atomic mass is 10.3. The van der Waals surface area contributed by atoms with Crippen LogP contribution in [0.25, 0.3) is 0 Å². The van der Waals surface area contributed by atoms with Gasteiger partial charge in [-0.1, -0.05) is 12.8 Å². The number of hydrogen-bond donors (Lipinski definition) is 1. The van der Waals surface area contributed by atoms with Crippen molar-refractivity contribution in [1.29, 1.82) is 5.26 Å². The summed E-state index contributed by atoms with van der Waals surface area (Å²) < 4.78 is 0.803. The van der Waals surface area contributed by atoms with Crippen molar-refractivity contribution in [3.05, 3.63) is 22.7 Å². The van der Waals surface area contributed by atoms with Gasteiger partial charge < -0.3 is 5.32 Å². The normalized spacial score (nSPS) is 15.0. The Labute approximate surface area is 136 Å². The lowest BCUT2D eigenvalue weighted by Crippen LogP contribution is -2.16. The van der Waals surface area contributed by atoms with Gasteiger partial charge in [0.25, 0.3) is 0 Å². The fraction of sp³-hybridized carbons (Fsp3) is 0.429. The number of nitrogens with zero attached hydrogens (tertiary/aromatic N) is 1. The third kappa shape index (κ3) is 4.72. The van der Waals surface area contributed by atoms with Gasteiger partial charge in [-0.05, 0) is 58.7 Å². The van der Waals surface area contributed by atoms with E-state index >= 15 is 0 Å². The van der Waals surface area contributed by atoms with Crippen LogP contribution < -0.4 is 5.32 Å². The first-order valence-corrected chi connectivity index (χ1v) is 9.12. The Morgan fingerprint density at radius 2 is 2.20 bits per heavy atom. The van der Waals surface area contributed by atoms with Gasteiger partial charge in [0.2, 0.25) is 5.91 Å². The number of thiocyanates is 1. The van der Waals surface area contributed by atoms with Crippen molar-refractivity contribution in [2.75, 3.05) is 11.1 Å². The molecule has 1 saturated carbocycles. The largest absolute Gasteiger partial charge is 0.324 e. The SMILES string of the molecule is N#CSc1ccc(NC(=O)CSC2CCCC2)c(Br)c1. The number of benzene rings is 1. The maximum atomic E-state index is 11.9. The molecule has 0 aromatic heterocycles. The monoisotopic (exact) mass is 370 g/mol. The van der Waals surface area contributed by atoms with E-state index in [4.69, 9.17) is 5.26 Å². The Kier molecular flexibility index (Phi) is 6.27. The van der Waals surface area contributed by atoms with E-state index in [0.29, 0.717) is 11.0 Å². The third-order valence-electron chi connectivity index (χ3n) is 3.13. The molecule has 0 heterocycles. The van der Waals surface area contributed by atoms with Crippen LogP contribution in [0.2, 0.25) is 0 Å². The summed E-state index contributed by atoms with van der Waals surface area (Å²) >= 11 is 6.28. The van der Waals surface area contributed by atoms with Crippen LogP contribution in [0.1, 0.15) is 25.7 Å². The minimum absolute atomic E-state index is 0.0308. The molecule has 20 heavy (non-hydrogen) atoms. The van der Waals surface area contributed by atoms with Crippen molar-refractivity contribution in [3.8, 4) is 5.40 Å². The van der Waals surface area contributed by atoms with E-state index in [1.165, 1.54) is 25.7 Å². The molecule has 3 nitrogen and oxygen atoms in total. The third-order valence-corrected chi connectivity index (χ3v) is 5.74. The second kappa shape index (κ2) is 7.96. The molecule has 0 unspecified atom stereocenters. The highest BCUT2D eigenvalue weighted by Gasteiger charge is 2.17. The molecule has 1 aliphatic carbocycles. The molecule has 1 aromatic rings. The van der Waals surface area contributed by atoms with Crippen molar-refractivity contribution in [2.45, 2.75) is 35.8 Å². The van der Waals surface area contributed by atoms with E-state index in [9.17, 15) is 4.79 Å². The molecule has 6 heteroatoms. The van der Waals surface area contributed by atoms with Crippen LogP contribution in [0.5, 0.6) is 0 Å². The highest BCUT2D eigenvalue weighted by molar-refractivity contribution is 9.10. The van der Waals surface area contributed by atoms with Crippen molar-refractivity contribution >= 4 is 51.0 Å². The second-order valence-corrected chi connectivity index (χ2v) is 7.60. The van der Waals surface area contributed by atoms with Gasteiger partial charge in [-0.2, -0.15) is 5.26 Å². The zero-order valence-corrected chi connectivity index (χ0v) is 14.1. The average molecular weight is 371 g/mol.